The van der Waals surface area contributed by atoms with E-state index in [0.717, 1.165) is 6.42 Å². The maximum Gasteiger partial charge on any atom is 0.243 e. The predicted molar refractivity (Wildman–Crippen MR) is 54.5 cm³/mol. The van der Waals surface area contributed by atoms with Gasteiger partial charge in [0.1, 0.15) is 0 Å². The van der Waals surface area contributed by atoms with Crippen molar-refractivity contribution in [1.82, 2.24) is 5.48 Å². The Morgan fingerprint density at radius 1 is 1.36 bits per heavy atom. The zero-order chi connectivity index (χ0) is 10.2. The molecule has 0 aromatic heterocycles. The second-order valence-electron chi connectivity index (χ2n) is 2.94. The molecule has 1 aromatic carbocycles. The highest BCUT2D eigenvalue weighted by molar-refractivity contribution is 5.75. The summed E-state index contributed by atoms with van der Waals surface area (Å²) in [5, 5.41) is 0. The smallest absolute Gasteiger partial charge is 0.243 e. The Kier molecular flexibility index (Phi) is 4.72. The van der Waals surface area contributed by atoms with Gasteiger partial charge >= 0.3 is 0 Å². The van der Waals surface area contributed by atoms with Crippen molar-refractivity contribution in [2.45, 2.75) is 19.8 Å². The molecule has 0 atom stereocenters. The van der Waals surface area contributed by atoms with Crippen molar-refractivity contribution < 1.29 is 9.63 Å². The van der Waals surface area contributed by atoms with Gasteiger partial charge in [-0.05, 0) is 18.9 Å². The molecule has 0 fully saturated rings. The minimum Gasteiger partial charge on any atom is -0.274 e. The molecule has 0 aliphatic carbocycles. The van der Waals surface area contributed by atoms with E-state index in [0.29, 0.717) is 13.0 Å². The third-order valence-electron chi connectivity index (χ3n) is 1.81. The summed E-state index contributed by atoms with van der Waals surface area (Å²) < 4.78 is 0. The number of hydrogen-bond acceptors (Lipinski definition) is 2. The Hall–Kier alpha value is -1.35. The van der Waals surface area contributed by atoms with E-state index in [4.69, 9.17) is 4.84 Å². The van der Waals surface area contributed by atoms with Crippen molar-refractivity contribution in [3.05, 3.63) is 35.9 Å². The molecule has 0 aliphatic rings. The third-order valence-corrected chi connectivity index (χ3v) is 1.81. The van der Waals surface area contributed by atoms with E-state index in [1.165, 1.54) is 5.56 Å². The van der Waals surface area contributed by atoms with Gasteiger partial charge in [0.15, 0.2) is 0 Å². The topological polar surface area (TPSA) is 38.3 Å². The molecule has 3 nitrogen and oxygen atoms in total. The first-order chi connectivity index (χ1) is 6.83. The Bertz CT molecular complexity index is 272. The molecule has 1 aromatic rings. The fraction of sp³-hybridized carbons (Fsp3) is 0.364. The van der Waals surface area contributed by atoms with Crippen molar-refractivity contribution >= 4 is 5.91 Å². The van der Waals surface area contributed by atoms with Crippen molar-refractivity contribution in [3.63, 3.8) is 0 Å². The lowest BCUT2D eigenvalue weighted by Crippen LogP contribution is -2.23. The lowest BCUT2D eigenvalue weighted by molar-refractivity contribution is -0.133. The van der Waals surface area contributed by atoms with Gasteiger partial charge in [-0.15, -0.1) is 0 Å². The van der Waals surface area contributed by atoms with Crippen LogP contribution < -0.4 is 5.48 Å². The van der Waals surface area contributed by atoms with E-state index >= 15 is 0 Å². The Labute approximate surface area is 84.0 Å². The Morgan fingerprint density at radius 2 is 2.07 bits per heavy atom. The van der Waals surface area contributed by atoms with Crippen LogP contribution in [0.5, 0.6) is 0 Å². The van der Waals surface area contributed by atoms with Gasteiger partial charge < -0.3 is 0 Å². The highest BCUT2D eigenvalue weighted by Crippen LogP contribution is 2.01. The number of rotatable bonds is 5. The average molecular weight is 193 g/mol. The molecular formula is C11H15NO2. The number of benzene rings is 1. The molecule has 0 saturated carbocycles. The molecule has 0 unspecified atom stereocenters. The first kappa shape index (κ1) is 10.7. The molecule has 0 bridgehead atoms. The van der Waals surface area contributed by atoms with Crippen LogP contribution in [-0.4, -0.2) is 12.5 Å². The summed E-state index contributed by atoms with van der Waals surface area (Å²) in [5.74, 6) is -0.0734. The van der Waals surface area contributed by atoms with Crippen LogP contribution in [-0.2, 0) is 16.1 Å². The normalized spacial score (nSPS) is 9.79. The standard InChI is InChI=1S/C11H15NO2/c1-2-14-12-11(13)9-8-10-6-4-3-5-7-10/h3-7H,2,8-9H2,1H3,(H,12,13). The fourth-order valence-corrected chi connectivity index (χ4v) is 1.11. The SMILES string of the molecule is CCONC(=O)CCc1ccccc1. The number of aryl methyl sites for hydroxylation is 1. The van der Waals surface area contributed by atoms with Crippen LogP contribution in [0.2, 0.25) is 0 Å². The molecule has 1 N–H and O–H groups in total. The van der Waals surface area contributed by atoms with Crippen molar-refractivity contribution in [3.8, 4) is 0 Å². The quantitative estimate of drug-likeness (QED) is 0.723. The molecule has 3 heteroatoms. The second kappa shape index (κ2) is 6.16. The van der Waals surface area contributed by atoms with Gasteiger partial charge in [0.2, 0.25) is 5.91 Å². The molecule has 0 radical (unpaired) electrons. The third kappa shape index (κ3) is 4.05. The first-order valence-electron chi connectivity index (χ1n) is 4.77. The van der Waals surface area contributed by atoms with Crippen LogP contribution in [0.3, 0.4) is 0 Å². The molecule has 0 aliphatic heterocycles. The molecule has 0 heterocycles. The van der Waals surface area contributed by atoms with E-state index in [1.54, 1.807) is 0 Å². The summed E-state index contributed by atoms with van der Waals surface area (Å²) >= 11 is 0. The van der Waals surface area contributed by atoms with E-state index in [9.17, 15) is 4.79 Å². The van der Waals surface area contributed by atoms with Gasteiger partial charge in [-0.25, -0.2) is 5.48 Å². The van der Waals surface area contributed by atoms with E-state index in [2.05, 4.69) is 5.48 Å². The monoisotopic (exact) mass is 193 g/mol. The minimum atomic E-state index is -0.0734. The number of hydroxylamine groups is 1. The van der Waals surface area contributed by atoms with Gasteiger partial charge in [0.25, 0.3) is 0 Å². The number of carbonyl (C=O) groups is 1. The minimum absolute atomic E-state index is 0.0734. The van der Waals surface area contributed by atoms with Gasteiger partial charge in [-0.2, -0.15) is 0 Å². The van der Waals surface area contributed by atoms with Crippen molar-refractivity contribution in [1.29, 1.82) is 0 Å². The number of carbonyl (C=O) groups excluding carboxylic acids is 1. The summed E-state index contributed by atoms with van der Waals surface area (Å²) in [6.45, 7) is 2.33. The summed E-state index contributed by atoms with van der Waals surface area (Å²) in [7, 11) is 0. The zero-order valence-corrected chi connectivity index (χ0v) is 8.32. The van der Waals surface area contributed by atoms with Crippen LogP contribution >= 0.6 is 0 Å². The van der Waals surface area contributed by atoms with Crippen LogP contribution in [0.4, 0.5) is 0 Å². The largest absolute Gasteiger partial charge is 0.274 e. The Balaban J connectivity index is 2.24. The van der Waals surface area contributed by atoms with E-state index in [-0.39, 0.29) is 5.91 Å². The molecule has 14 heavy (non-hydrogen) atoms. The van der Waals surface area contributed by atoms with Crippen LogP contribution in [0.25, 0.3) is 0 Å². The Morgan fingerprint density at radius 3 is 2.71 bits per heavy atom. The molecular weight excluding hydrogens is 178 g/mol. The number of amides is 1. The maximum atomic E-state index is 11.1. The molecule has 0 spiro atoms. The van der Waals surface area contributed by atoms with E-state index < -0.39 is 0 Å². The highest BCUT2D eigenvalue weighted by atomic mass is 16.6. The van der Waals surface area contributed by atoms with Gasteiger partial charge in [0.05, 0.1) is 6.61 Å². The predicted octanol–water partition coefficient (Wildman–Crippen LogP) is 1.69. The maximum absolute atomic E-state index is 11.1. The summed E-state index contributed by atoms with van der Waals surface area (Å²) in [5.41, 5.74) is 3.53. The second-order valence-corrected chi connectivity index (χ2v) is 2.94. The van der Waals surface area contributed by atoms with Crippen molar-refractivity contribution in [2.24, 2.45) is 0 Å². The van der Waals surface area contributed by atoms with Crippen LogP contribution in [0, 0.1) is 0 Å². The van der Waals surface area contributed by atoms with Crippen molar-refractivity contribution in [2.75, 3.05) is 6.61 Å². The summed E-state index contributed by atoms with van der Waals surface area (Å²) in [4.78, 5) is 15.9. The lowest BCUT2D eigenvalue weighted by atomic mass is 10.1. The number of hydrogen-bond donors (Lipinski definition) is 1. The highest BCUT2D eigenvalue weighted by Gasteiger charge is 2.00. The molecule has 76 valence electrons. The van der Waals surface area contributed by atoms with Crippen LogP contribution in [0.15, 0.2) is 30.3 Å². The zero-order valence-electron chi connectivity index (χ0n) is 8.32. The molecule has 0 saturated heterocycles. The number of nitrogens with one attached hydrogen (secondary N) is 1. The van der Waals surface area contributed by atoms with E-state index in [1.807, 2.05) is 37.3 Å². The van der Waals surface area contributed by atoms with Crippen LogP contribution in [0.1, 0.15) is 18.9 Å². The molecule has 1 rings (SSSR count). The average Bonchev–Trinajstić information content (AvgIpc) is 2.25. The van der Waals surface area contributed by atoms with Gasteiger partial charge in [-0.1, -0.05) is 30.3 Å². The van der Waals surface area contributed by atoms with Gasteiger partial charge in [-0.3, -0.25) is 9.63 Å². The first-order valence-corrected chi connectivity index (χ1v) is 4.77. The molecule has 1 amide bonds. The van der Waals surface area contributed by atoms with Gasteiger partial charge in [0, 0.05) is 6.42 Å². The fourth-order valence-electron chi connectivity index (χ4n) is 1.11. The lowest BCUT2D eigenvalue weighted by Gasteiger charge is -2.03. The summed E-state index contributed by atoms with van der Waals surface area (Å²) in [6.07, 6.45) is 1.21. The summed E-state index contributed by atoms with van der Waals surface area (Å²) in [6, 6.07) is 9.91.